The molecule has 0 amide bonds. The van der Waals surface area contributed by atoms with Gasteiger partial charge in [-0.25, -0.2) is 4.79 Å². The number of hydrogen-bond donors (Lipinski definition) is 0. The van der Waals surface area contributed by atoms with Crippen LogP contribution in [0.25, 0.3) is 0 Å². The lowest BCUT2D eigenvalue weighted by atomic mass is 10.0. The Morgan fingerprint density at radius 3 is 3.00 bits per heavy atom. The van der Waals surface area contributed by atoms with Crippen LogP contribution in [0.3, 0.4) is 0 Å². The molecule has 4 heteroatoms. The van der Waals surface area contributed by atoms with Crippen molar-refractivity contribution in [3.8, 4) is 5.75 Å². The lowest BCUT2D eigenvalue weighted by Crippen LogP contribution is -2.29. The maximum Gasteiger partial charge on any atom is 0.235 e. The van der Waals surface area contributed by atoms with Crippen molar-refractivity contribution in [3.63, 3.8) is 0 Å². The molecule has 1 aromatic rings. The van der Waals surface area contributed by atoms with Crippen molar-refractivity contribution in [1.82, 2.24) is 0 Å². The molecule has 0 radical (unpaired) electrons. The fourth-order valence-electron chi connectivity index (χ4n) is 2.31. The number of anilines is 1. The van der Waals surface area contributed by atoms with Crippen LogP contribution in [0.1, 0.15) is 18.4 Å². The number of likely N-dealkylation sites (N-methyl/N-ethyl adjacent to an activating group) is 1. The van der Waals surface area contributed by atoms with Crippen LogP contribution in [0.2, 0.25) is 0 Å². The summed E-state index contributed by atoms with van der Waals surface area (Å²) < 4.78 is 5.59. The quantitative estimate of drug-likeness (QED) is 0.575. The maximum atomic E-state index is 10.5. The average molecular weight is 230 g/mol. The first-order valence-corrected chi connectivity index (χ1v) is 5.83. The lowest BCUT2D eigenvalue weighted by Gasteiger charge is -2.28. The minimum Gasteiger partial charge on any atom is -0.490 e. The van der Waals surface area contributed by atoms with Gasteiger partial charge in [-0.1, -0.05) is 6.07 Å². The smallest absolute Gasteiger partial charge is 0.235 e. The van der Waals surface area contributed by atoms with E-state index in [0.29, 0.717) is 0 Å². The summed E-state index contributed by atoms with van der Waals surface area (Å²) in [6.45, 7) is 1.61. The number of aliphatic imine (C=N–C) groups is 1. The molecule has 1 fully saturated rings. The van der Waals surface area contributed by atoms with Crippen LogP contribution in [-0.2, 0) is 10.3 Å². The van der Waals surface area contributed by atoms with Crippen LogP contribution in [0.5, 0.6) is 5.75 Å². The van der Waals surface area contributed by atoms with E-state index in [4.69, 9.17) is 4.74 Å². The Labute approximate surface area is 99.9 Å². The van der Waals surface area contributed by atoms with Gasteiger partial charge in [0.05, 0.1) is 17.8 Å². The van der Waals surface area contributed by atoms with E-state index in [2.05, 4.69) is 16.0 Å². The lowest BCUT2D eigenvalue weighted by molar-refractivity contribution is 0.311. The minimum atomic E-state index is -0.297. The van der Waals surface area contributed by atoms with Crippen molar-refractivity contribution < 1.29 is 9.53 Å². The monoisotopic (exact) mass is 230 g/mol. The topological polar surface area (TPSA) is 41.9 Å². The maximum absolute atomic E-state index is 10.5. The fraction of sp³-hybridized carbons (Fsp3) is 0.462. The number of fused-ring (bicyclic) bond motifs is 1. The van der Waals surface area contributed by atoms with Crippen LogP contribution in [0, 0.1) is 0 Å². The molecule has 0 bridgehead atoms. The van der Waals surface area contributed by atoms with Gasteiger partial charge < -0.3 is 9.64 Å². The summed E-state index contributed by atoms with van der Waals surface area (Å²) >= 11 is 0. The van der Waals surface area contributed by atoms with Crippen LogP contribution in [0.15, 0.2) is 23.2 Å². The summed E-state index contributed by atoms with van der Waals surface area (Å²) in [5.74, 6) is 0.911. The first-order valence-electron chi connectivity index (χ1n) is 5.83. The molecule has 3 rings (SSSR count). The highest BCUT2D eigenvalue weighted by molar-refractivity contribution is 5.62. The van der Waals surface area contributed by atoms with E-state index in [9.17, 15) is 4.79 Å². The molecule has 1 aromatic carbocycles. The second-order valence-corrected chi connectivity index (χ2v) is 4.69. The van der Waals surface area contributed by atoms with Crippen LogP contribution in [-0.4, -0.2) is 26.3 Å². The SMILES string of the molecule is CN1CCOc2ccc(C3(N=C=O)CC3)cc21. The molecule has 1 aliphatic carbocycles. The molecule has 0 spiro atoms. The van der Waals surface area contributed by atoms with Gasteiger partial charge in [0.1, 0.15) is 12.4 Å². The third-order valence-electron chi connectivity index (χ3n) is 3.58. The first-order chi connectivity index (χ1) is 8.25. The molecule has 1 heterocycles. The molecule has 17 heavy (non-hydrogen) atoms. The minimum absolute atomic E-state index is 0.297. The Bertz CT molecular complexity index is 502. The largest absolute Gasteiger partial charge is 0.490 e. The molecular weight excluding hydrogens is 216 g/mol. The van der Waals surface area contributed by atoms with Gasteiger partial charge >= 0.3 is 0 Å². The average Bonchev–Trinajstić information content (AvgIpc) is 3.11. The predicted molar refractivity (Wildman–Crippen MR) is 64.2 cm³/mol. The zero-order chi connectivity index (χ0) is 11.9. The van der Waals surface area contributed by atoms with Crippen molar-refractivity contribution in [2.45, 2.75) is 18.4 Å². The van der Waals surface area contributed by atoms with E-state index in [1.54, 1.807) is 6.08 Å². The van der Waals surface area contributed by atoms with Crippen molar-refractivity contribution in [2.75, 3.05) is 25.1 Å². The summed E-state index contributed by atoms with van der Waals surface area (Å²) in [7, 11) is 2.05. The molecule has 0 aromatic heterocycles. The molecule has 0 N–H and O–H groups in total. The molecule has 4 nitrogen and oxygen atoms in total. The summed E-state index contributed by atoms with van der Waals surface area (Å²) in [5.41, 5.74) is 1.88. The van der Waals surface area contributed by atoms with Crippen LogP contribution < -0.4 is 9.64 Å². The van der Waals surface area contributed by atoms with E-state index < -0.39 is 0 Å². The molecule has 88 valence electrons. The highest BCUT2D eigenvalue weighted by Crippen LogP contribution is 2.50. The Kier molecular flexibility index (Phi) is 2.20. The number of hydrogen-bond acceptors (Lipinski definition) is 4. The number of ether oxygens (including phenoxy) is 1. The zero-order valence-electron chi connectivity index (χ0n) is 9.77. The second-order valence-electron chi connectivity index (χ2n) is 4.69. The number of benzene rings is 1. The predicted octanol–water partition coefficient (Wildman–Crippen LogP) is 1.84. The van der Waals surface area contributed by atoms with Crippen LogP contribution >= 0.6 is 0 Å². The van der Waals surface area contributed by atoms with E-state index in [1.807, 2.05) is 19.2 Å². The summed E-state index contributed by atoms with van der Waals surface area (Å²) in [6, 6.07) is 6.06. The van der Waals surface area contributed by atoms with Gasteiger partial charge in [0.2, 0.25) is 6.08 Å². The second kappa shape index (κ2) is 3.60. The summed E-state index contributed by atoms with van der Waals surface area (Å²) in [6.07, 6.45) is 3.56. The van der Waals surface area contributed by atoms with Crippen molar-refractivity contribution in [2.24, 2.45) is 4.99 Å². The molecule has 1 aliphatic heterocycles. The molecule has 0 atom stereocenters. The summed E-state index contributed by atoms with van der Waals surface area (Å²) in [4.78, 5) is 16.6. The van der Waals surface area contributed by atoms with Gasteiger partial charge in [-0.05, 0) is 30.5 Å². The highest BCUT2D eigenvalue weighted by atomic mass is 16.5. The molecule has 0 unspecified atom stereocenters. The third-order valence-corrected chi connectivity index (χ3v) is 3.58. The molecule has 0 saturated heterocycles. The van der Waals surface area contributed by atoms with Crippen molar-refractivity contribution >= 4 is 11.8 Å². The highest BCUT2D eigenvalue weighted by Gasteiger charge is 2.45. The van der Waals surface area contributed by atoms with E-state index in [1.165, 1.54) is 0 Å². The number of carbonyl (C=O) groups excluding carboxylic acids is 1. The van der Waals surface area contributed by atoms with E-state index >= 15 is 0 Å². The normalized spacial score (nSPS) is 19.9. The first kappa shape index (κ1) is 10.4. The number of isocyanates is 1. The van der Waals surface area contributed by atoms with E-state index in [0.717, 1.165) is 43.0 Å². The Hall–Kier alpha value is -1.80. The molecular formula is C13H14N2O2. The van der Waals surface area contributed by atoms with Crippen molar-refractivity contribution in [1.29, 1.82) is 0 Å². The van der Waals surface area contributed by atoms with Gasteiger partial charge in [0, 0.05) is 7.05 Å². The van der Waals surface area contributed by atoms with Crippen LogP contribution in [0.4, 0.5) is 5.69 Å². The third kappa shape index (κ3) is 1.61. The van der Waals surface area contributed by atoms with Gasteiger partial charge in [-0.15, -0.1) is 0 Å². The standard InChI is InChI=1S/C13H14N2O2/c1-15-6-7-17-12-3-2-10(8-11(12)15)13(4-5-13)14-9-16/h2-3,8H,4-7H2,1H3. The summed E-state index contributed by atoms with van der Waals surface area (Å²) in [5, 5.41) is 0. The zero-order valence-corrected chi connectivity index (χ0v) is 9.77. The Balaban J connectivity index is 2.03. The Morgan fingerprint density at radius 2 is 2.29 bits per heavy atom. The fourth-order valence-corrected chi connectivity index (χ4v) is 2.31. The van der Waals surface area contributed by atoms with E-state index in [-0.39, 0.29) is 5.54 Å². The Morgan fingerprint density at radius 1 is 1.47 bits per heavy atom. The number of nitrogens with zero attached hydrogens (tertiary/aromatic N) is 2. The van der Waals surface area contributed by atoms with Gasteiger partial charge in [-0.2, -0.15) is 4.99 Å². The molecule has 1 saturated carbocycles. The molecule has 2 aliphatic rings. The van der Waals surface area contributed by atoms with Gasteiger partial charge in [0.15, 0.2) is 0 Å². The number of rotatable bonds is 2. The van der Waals surface area contributed by atoms with Gasteiger partial charge in [-0.3, -0.25) is 0 Å². The van der Waals surface area contributed by atoms with Crippen molar-refractivity contribution in [3.05, 3.63) is 23.8 Å². The van der Waals surface area contributed by atoms with Gasteiger partial charge in [0.25, 0.3) is 0 Å².